The van der Waals surface area contributed by atoms with Gasteiger partial charge in [-0.25, -0.2) is 4.39 Å². The zero-order valence-electron chi connectivity index (χ0n) is 12.3. The summed E-state index contributed by atoms with van der Waals surface area (Å²) in [5.41, 5.74) is 5.16. The zero-order chi connectivity index (χ0) is 14.8. The molecule has 2 aromatic carbocycles. The number of benzene rings is 2. The van der Waals surface area contributed by atoms with E-state index >= 15 is 0 Å². The highest BCUT2D eigenvalue weighted by Gasteiger charge is 2.07. The normalized spacial score (nSPS) is 11.2. The van der Waals surface area contributed by atoms with Gasteiger partial charge in [0.15, 0.2) is 0 Å². The van der Waals surface area contributed by atoms with E-state index in [0.29, 0.717) is 6.42 Å². The molecular weight excluding hydrogens is 263 g/mol. The molecule has 0 saturated carbocycles. The van der Waals surface area contributed by atoms with Gasteiger partial charge in [-0.1, -0.05) is 24.3 Å². The monoisotopic (exact) mass is 282 g/mol. The van der Waals surface area contributed by atoms with Crippen molar-refractivity contribution < 1.29 is 4.39 Å². The summed E-state index contributed by atoms with van der Waals surface area (Å²) in [6.07, 6.45) is 2.64. The number of aromatic amines is 1. The van der Waals surface area contributed by atoms with Crippen molar-refractivity contribution in [3.63, 3.8) is 0 Å². The molecule has 0 unspecified atom stereocenters. The minimum absolute atomic E-state index is 0.127. The standard InChI is InChI=1S/C18H19FN2/c1-12-3-5-14(17(19)7-12)8-13-4-6-16-15(10-20-2)11-21-18(16)9-13/h3-7,9,11,20-21H,8,10H2,1-2H3. The lowest BCUT2D eigenvalue weighted by Crippen LogP contribution is -2.03. The Bertz CT molecular complexity index is 774. The number of halogens is 1. The second-order valence-electron chi connectivity index (χ2n) is 5.50. The summed E-state index contributed by atoms with van der Waals surface area (Å²) in [5.74, 6) is -0.127. The van der Waals surface area contributed by atoms with Crippen molar-refractivity contribution in [1.82, 2.24) is 10.3 Å². The predicted molar refractivity (Wildman–Crippen MR) is 85.0 cm³/mol. The molecule has 3 heteroatoms. The van der Waals surface area contributed by atoms with Crippen LogP contribution in [0.25, 0.3) is 10.9 Å². The van der Waals surface area contributed by atoms with Crippen molar-refractivity contribution >= 4 is 10.9 Å². The van der Waals surface area contributed by atoms with E-state index in [2.05, 4.69) is 28.5 Å². The lowest BCUT2D eigenvalue weighted by Gasteiger charge is -2.05. The van der Waals surface area contributed by atoms with Crippen molar-refractivity contribution in [2.45, 2.75) is 19.9 Å². The molecule has 0 radical (unpaired) electrons. The summed E-state index contributed by atoms with van der Waals surface area (Å²) >= 11 is 0. The van der Waals surface area contributed by atoms with E-state index in [1.807, 2.05) is 32.3 Å². The smallest absolute Gasteiger partial charge is 0.126 e. The molecule has 0 atom stereocenters. The van der Waals surface area contributed by atoms with Crippen molar-refractivity contribution in [2.24, 2.45) is 0 Å². The van der Waals surface area contributed by atoms with Crippen LogP contribution in [-0.2, 0) is 13.0 Å². The lowest BCUT2D eigenvalue weighted by atomic mass is 10.0. The minimum Gasteiger partial charge on any atom is -0.361 e. The van der Waals surface area contributed by atoms with Crippen LogP contribution in [0.2, 0.25) is 0 Å². The van der Waals surface area contributed by atoms with Gasteiger partial charge < -0.3 is 10.3 Å². The maximum absolute atomic E-state index is 13.9. The van der Waals surface area contributed by atoms with Crippen LogP contribution < -0.4 is 5.32 Å². The first-order chi connectivity index (χ1) is 10.2. The Morgan fingerprint density at radius 1 is 1.10 bits per heavy atom. The third-order valence-electron chi connectivity index (χ3n) is 3.80. The van der Waals surface area contributed by atoms with Gasteiger partial charge in [0.25, 0.3) is 0 Å². The molecule has 0 spiro atoms. The van der Waals surface area contributed by atoms with Gasteiger partial charge in [-0.15, -0.1) is 0 Å². The molecule has 0 aliphatic heterocycles. The van der Waals surface area contributed by atoms with Gasteiger partial charge in [-0.3, -0.25) is 0 Å². The summed E-state index contributed by atoms with van der Waals surface area (Å²) in [6, 6.07) is 11.7. The molecule has 0 bridgehead atoms. The Hall–Kier alpha value is -2.13. The fourth-order valence-corrected chi connectivity index (χ4v) is 2.70. The highest BCUT2D eigenvalue weighted by atomic mass is 19.1. The van der Waals surface area contributed by atoms with Crippen LogP contribution in [0.1, 0.15) is 22.3 Å². The van der Waals surface area contributed by atoms with Crippen LogP contribution in [0.15, 0.2) is 42.6 Å². The second-order valence-corrected chi connectivity index (χ2v) is 5.50. The maximum Gasteiger partial charge on any atom is 0.126 e. The first-order valence-corrected chi connectivity index (χ1v) is 7.16. The first-order valence-electron chi connectivity index (χ1n) is 7.16. The number of aromatic nitrogens is 1. The average Bonchev–Trinajstić information content (AvgIpc) is 2.85. The summed E-state index contributed by atoms with van der Waals surface area (Å²) in [7, 11) is 1.94. The van der Waals surface area contributed by atoms with E-state index in [4.69, 9.17) is 0 Å². The summed E-state index contributed by atoms with van der Waals surface area (Å²) in [4.78, 5) is 3.29. The predicted octanol–water partition coefficient (Wildman–Crippen LogP) is 3.93. The number of aryl methyl sites for hydroxylation is 1. The molecule has 108 valence electrons. The number of fused-ring (bicyclic) bond motifs is 1. The third kappa shape index (κ3) is 2.83. The molecule has 2 nitrogen and oxygen atoms in total. The Kier molecular flexibility index (Phi) is 3.76. The second kappa shape index (κ2) is 5.70. The fraction of sp³-hybridized carbons (Fsp3) is 0.222. The first kappa shape index (κ1) is 13.8. The highest BCUT2D eigenvalue weighted by Crippen LogP contribution is 2.22. The molecule has 0 aliphatic carbocycles. The van der Waals surface area contributed by atoms with Gasteiger partial charge in [0.2, 0.25) is 0 Å². The topological polar surface area (TPSA) is 27.8 Å². The van der Waals surface area contributed by atoms with Crippen LogP contribution in [0.4, 0.5) is 4.39 Å². The summed E-state index contributed by atoms with van der Waals surface area (Å²) in [5, 5.41) is 4.38. The van der Waals surface area contributed by atoms with Crippen molar-refractivity contribution in [3.8, 4) is 0 Å². The van der Waals surface area contributed by atoms with Gasteiger partial charge in [0, 0.05) is 30.1 Å². The number of hydrogen-bond acceptors (Lipinski definition) is 1. The number of H-pyrrole nitrogens is 1. The molecule has 21 heavy (non-hydrogen) atoms. The number of hydrogen-bond donors (Lipinski definition) is 2. The van der Waals surface area contributed by atoms with Gasteiger partial charge >= 0.3 is 0 Å². The SMILES string of the molecule is CNCc1c[nH]c2cc(Cc3ccc(C)cc3F)ccc12. The van der Waals surface area contributed by atoms with Gasteiger partial charge in [-0.2, -0.15) is 0 Å². The largest absolute Gasteiger partial charge is 0.361 e. The van der Waals surface area contributed by atoms with E-state index in [0.717, 1.165) is 28.8 Å². The van der Waals surface area contributed by atoms with E-state index in [1.165, 1.54) is 10.9 Å². The van der Waals surface area contributed by atoms with Crippen LogP contribution in [0.3, 0.4) is 0 Å². The van der Waals surface area contributed by atoms with E-state index in [1.54, 1.807) is 6.07 Å². The van der Waals surface area contributed by atoms with Crippen molar-refractivity contribution in [2.75, 3.05) is 7.05 Å². The molecule has 0 amide bonds. The van der Waals surface area contributed by atoms with E-state index in [9.17, 15) is 4.39 Å². The lowest BCUT2D eigenvalue weighted by molar-refractivity contribution is 0.613. The highest BCUT2D eigenvalue weighted by molar-refractivity contribution is 5.83. The van der Waals surface area contributed by atoms with Gasteiger partial charge in [0.05, 0.1) is 0 Å². The zero-order valence-corrected chi connectivity index (χ0v) is 12.3. The summed E-state index contributed by atoms with van der Waals surface area (Å²) < 4.78 is 13.9. The fourth-order valence-electron chi connectivity index (χ4n) is 2.70. The molecule has 1 heterocycles. The minimum atomic E-state index is -0.127. The molecule has 3 rings (SSSR count). The molecule has 2 N–H and O–H groups in total. The average molecular weight is 282 g/mol. The van der Waals surface area contributed by atoms with Gasteiger partial charge in [-0.05, 0) is 48.4 Å². The number of rotatable bonds is 4. The third-order valence-corrected chi connectivity index (χ3v) is 3.80. The van der Waals surface area contributed by atoms with Crippen LogP contribution in [-0.4, -0.2) is 12.0 Å². The van der Waals surface area contributed by atoms with E-state index < -0.39 is 0 Å². The van der Waals surface area contributed by atoms with Crippen molar-refractivity contribution in [3.05, 3.63) is 70.7 Å². The Morgan fingerprint density at radius 3 is 2.71 bits per heavy atom. The quantitative estimate of drug-likeness (QED) is 0.745. The van der Waals surface area contributed by atoms with Crippen molar-refractivity contribution in [1.29, 1.82) is 0 Å². The van der Waals surface area contributed by atoms with Crippen LogP contribution in [0, 0.1) is 12.7 Å². The van der Waals surface area contributed by atoms with Crippen LogP contribution in [0.5, 0.6) is 0 Å². The Morgan fingerprint density at radius 2 is 1.95 bits per heavy atom. The Balaban J connectivity index is 1.91. The maximum atomic E-state index is 13.9. The molecule has 0 saturated heterocycles. The molecule has 3 aromatic rings. The van der Waals surface area contributed by atoms with E-state index in [-0.39, 0.29) is 5.82 Å². The molecular formula is C18H19FN2. The van der Waals surface area contributed by atoms with Crippen LogP contribution >= 0.6 is 0 Å². The summed E-state index contributed by atoms with van der Waals surface area (Å²) in [6.45, 7) is 2.74. The molecule has 0 aliphatic rings. The van der Waals surface area contributed by atoms with Gasteiger partial charge in [0.1, 0.15) is 5.82 Å². The Labute approximate surface area is 124 Å². The molecule has 0 fully saturated rings. The number of nitrogens with one attached hydrogen (secondary N) is 2. The molecule has 1 aromatic heterocycles.